The molecular formula is C16H21ClN2S. The molecule has 0 aliphatic carbocycles. The highest BCUT2D eigenvalue weighted by Gasteiger charge is 2.17. The number of nitrogens with zero attached hydrogens (tertiary/aromatic N) is 1. The van der Waals surface area contributed by atoms with Crippen molar-refractivity contribution in [1.82, 2.24) is 10.3 Å². The third kappa shape index (κ3) is 3.81. The molecule has 0 radical (unpaired) electrons. The molecule has 0 bridgehead atoms. The molecule has 1 aromatic carbocycles. The van der Waals surface area contributed by atoms with Crippen molar-refractivity contribution in [3.8, 4) is 0 Å². The number of rotatable bonds is 4. The molecule has 2 aromatic rings. The lowest BCUT2D eigenvalue weighted by atomic mass is 9.93. The molecule has 0 aliphatic rings. The van der Waals surface area contributed by atoms with E-state index in [1.54, 1.807) is 11.3 Å². The minimum absolute atomic E-state index is 0.108. The maximum Gasteiger partial charge on any atom is 0.0972 e. The Morgan fingerprint density at radius 3 is 2.60 bits per heavy atom. The molecule has 0 atom stereocenters. The third-order valence-corrected chi connectivity index (χ3v) is 4.28. The van der Waals surface area contributed by atoms with Crippen LogP contribution in [-0.2, 0) is 18.4 Å². The van der Waals surface area contributed by atoms with E-state index in [0.717, 1.165) is 28.7 Å². The Kier molecular flexibility index (Phi) is 4.84. The molecule has 0 unspecified atom stereocenters. The Morgan fingerprint density at radius 1 is 1.25 bits per heavy atom. The van der Waals surface area contributed by atoms with Crippen LogP contribution in [0.5, 0.6) is 0 Å². The van der Waals surface area contributed by atoms with Crippen molar-refractivity contribution in [2.75, 3.05) is 7.05 Å². The highest BCUT2D eigenvalue weighted by atomic mass is 35.5. The van der Waals surface area contributed by atoms with Crippen LogP contribution in [0.3, 0.4) is 0 Å². The minimum atomic E-state index is 0.108. The van der Waals surface area contributed by atoms with E-state index in [0.29, 0.717) is 0 Å². The van der Waals surface area contributed by atoms with Crippen molar-refractivity contribution >= 4 is 22.9 Å². The van der Waals surface area contributed by atoms with Crippen LogP contribution in [0.25, 0.3) is 0 Å². The van der Waals surface area contributed by atoms with Crippen molar-refractivity contribution in [2.45, 2.75) is 39.2 Å². The van der Waals surface area contributed by atoms with Gasteiger partial charge < -0.3 is 5.32 Å². The summed E-state index contributed by atoms with van der Waals surface area (Å²) in [6.45, 7) is 7.43. The predicted octanol–water partition coefficient (Wildman–Crippen LogP) is 4.40. The summed E-state index contributed by atoms with van der Waals surface area (Å²) in [5, 5.41) is 7.30. The topological polar surface area (TPSA) is 24.9 Å². The zero-order chi connectivity index (χ0) is 14.8. The molecule has 108 valence electrons. The van der Waals surface area contributed by atoms with E-state index >= 15 is 0 Å². The number of halogens is 1. The summed E-state index contributed by atoms with van der Waals surface area (Å²) in [5.41, 5.74) is 3.80. The Labute approximate surface area is 130 Å². The first-order chi connectivity index (χ1) is 9.40. The lowest BCUT2D eigenvalue weighted by Crippen LogP contribution is -2.11. The van der Waals surface area contributed by atoms with Gasteiger partial charge in [0.05, 0.1) is 10.7 Å². The SMILES string of the molecule is CNCc1ccc(Cl)cc1Cc1nc(C(C)(C)C)cs1. The standard InChI is InChI=1S/C16H21ClN2S/c1-16(2,3)14-10-20-15(19-14)8-12-7-13(17)6-5-11(12)9-18-4/h5-7,10,18H,8-9H2,1-4H3. The molecule has 1 heterocycles. The van der Waals surface area contributed by atoms with Crippen molar-refractivity contribution < 1.29 is 0 Å². The highest BCUT2D eigenvalue weighted by Crippen LogP contribution is 2.26. The van der Waals surface area contributed by atoms with Crippen molar-refractivity contribution in [3.05, 3.63) is 50.4 Å². The van der Waals surface area contributed by atoms with Crippen LogP contribution in [0.1, 0.15) is 42.6 Å². The Bertz CT molecular complexity index is 584. The van der Waals surface area contributed by atoms with E-state index in [2.05, 4.69) is 37.5 Å². The molecule has 1 N–H and O–H groups in total. The van der Waals surface area contributed by atoms with Crippen LogP contribution >= 0.6 is 22.9 Å². The fourth-order valence-corrected chi connectivity index (χ4v) is 3.26. The van der Waals surface area contributed by atoms with Gasteiger partial charge in [-0.15, -0.1) is 11.3 Å². The van der Waals surface area contributed by atoms with E-state index in [1.807, 2.05) is 19.2 Å². The second kappa shape index (κ2) is 6.25. The minimum Gasteiger partial charge on any atom is -0.316 e. The van der Waals surface area contributed by atoms with Gasteiger partial charge in [0.25, 0.3) is 0 Å². The normalized spacial score (nSPS) is 11.8. The first-order valence-electron chi connectivity index (χ1n) is 6.77. The van der Waals surface area contributed by atoms with Crippen LogP contribution < -0.4 is 5.32 Å². The van der Waals surface area contributed by atoms with Crippen LogP contribution in [0, 0.1) is 0 Å². The summed E-state index contributed by atoms with van der Waals surface area (Å²) in [5.74, 6) is 0. The molecule has 20 heavy (non-hydrogen) atoms. The molecule has 1 aromatic heterocycles. The van der Waals surface area contributed by atoms with Crippen molar-refractivity contribution in [2.24, 2.45) is 0 Å². The zero-order valence-electron chi connectivity index (χ0n) is 12.5. The molecule has 0 spiro atoms. The number of aromatic nitrogens is 1. The molecule has 2 nitrogen and oxygen atoms in total. The monoisotopic (exact) mass is 308 g/mol. The van der Waals surface area contributed by atoms with E-state index in [9.17, 15) is 0 Å². The van der Waals surface area contributed by atoms with E-state index in [4.69, 9.17) is 16.6 Å². The predicted molar refractivity (Wildman–Crippen MR) is 87.8 cm³/mol. The molecule has 0 saturated carbocycles. The molecule has 0 aliphatic heterocycles. The van der Waals surface area contributed by atoms with Gasteiger partial charge in [-0.1, -0.05) is 38.4 Å². The largest absolute Gasteiger partial charge is 0.316 e. The lowest BCUT2D eigenvalue weighted by Gasteiger charge is -2.14. The number of hydrogen-bond acceptors (Lipinski definition) is 3. The summed E-state index contributed by atoms with van der Waals surface area (Å²) in [4.78, 5) is 4.76. The number of nitrogens with one attached hydrogen (secondary N) is 1. The summed E-state index contributed by atoms with van der Waals surface area (Å²) < 4.78 is 0. The Balaban J connectivity index is 2.25. The fraction of sp³-hybridized carbons (Fsp3) is 0.438. The van der Waals surface area contributed by atoms with E-state index in [1.165, 1.54) is 11.1 Å². The van der Waals surface area contributed by atoms with Crippen LogP contribution in [-0.4, -0.2) is 12.0 Å². The maximum absolute atomic E-state index is 6.12. The second-order valence-corrected chi connectivity index (χ2v) is 7.38. The van der Waals surface area contributed by atoms with Gasteiger partial charge in [0.1, 0.15) is 0 Å². The summed E-state index contributed by atoms with van der Waals surface area (Å²) >= 11 is 7.85. The van der Waals surface area contributed by atoms with Gasteiger partial charge in [0.2, 0.25) is 0 Å². The van der Waals surface area contributed by atoms with E-state index < -0.39 is 0 Å². The average molecular weight is 309 g/mol. The second-order valence-electron chi connectivity index (χ2n) is 6.00. The molecule has 4 heteroatoms. The average Bonchev–Trinajstić information content (AvgIpc) is 2.81. The van der Waals surface area contributed by atoms with Gasteiger partial charge in [-0.3, -0.25) is 0 Å². The molecule has 0 amide bonds. The number of hydrogen-bond donors (Lipinski definition) is 1. The first kappa shape index (κ1) is 15.5. The Morgan fingerprint density at radius 2 is 2.00 bits per heavy atom. The van der Waals surface area contributed by atoms with Crippen LogP contribution in [0.15, 0.2) is 23.6 Å². The van der Waals surface area contributed by atoms with Crippen molar-refractivity contribution in [3.63, 3.8) is 0 Å². The quantitative estimate of drug-likeness (QED) is 0.905. The van der Waals surface area contributed by atoms with E-state index in [-0.39, 0.29) is 5.41 Å². The lowest BCUT2D eigenvalue weighted by molar-refractivity contribution is 0.571. The number of benzene rings is 1. The van der Waals surface area contributed by atoms with Crippen LogP contribution in [0.2, 0.25) is 5.02 Å². The highest BCUT2D eigenvalue weighted by molar-refractivity contribution is 7.09. The van der Waals surface area contributed by atoms with Crippen molar-refractivity contribution in [1.29, 1.82) is 0 Å². The van der Waals surface area contributed by atoms with Gasteiger partial charge in [0.15, 0.2) is 0 Å². The smallest absolute Gasteiger partial charge is 0.0972 e. The summed E-state index contributed by atoms with van der Waals surface area (Å²) in [6, 6.07) is 6.08. The first-order valence-corrected chi connectivity index (χ1v) is 8.02. The third-order valence-electron chi connectivity index (χ3n) is 3.20. The van der Waals surface area contributed by atoms with Gasteiger partial charge in [-0.25, -0.2) is 4.98 Å². The summed E-state index contributed by atoms with van der Waals surface area (Å²) in [6.07, 6.45) is 0.846. The molecule has 0 fully saturated rings. The van der Waals surface area contributed by atoms with Crippen LogP contribution in [0.4, 0.5) is 0 Å². The molecule has 2 rings (SSSR count). The van der Waals surface area contributed by atoms with Gasteiger partial charge in [0, 0.05) is 28.8 Å². The Hall–Kier alpha value is -0.900. The molecule has 0 saturated heterocycles. The zero-order valence-corrected chi connectivity index (χ0v) is 14.0. The maximum atomic E-state index is 6.12. The number of thiazole rings is 1. The summed E-state index contributed by atoms with van der Waals surface area (Å²) in [7, 11) is 1.96. The van der Waals surface area contributed by atoms with Gasteiger partial charge in [-0.05, 0) is 30.3 Å². The van der Waals surface area contributed by atoms with Gasteiger partial charge in [-0.2, -0.15) is 0 Å². The fourth-order valence-electron chi connectivity index (χ4n) is 2.02. The molecular weight excluding hydrogens is 288 g/mol. The van der Waals surface area contributed by atoms with Gasteiger partial charge >= 0.3 is 0 Å².